The monoisotopic (exact) mass is 287 g/mol. The number of halogens is 2. The lowest BCUT2D eigenvalue weighted by atomic mass is 10.1. The van der Waals surface area contributed by atoms with E-state index in [4.69, 9.17) is 0 Å². The van der Waals surface area contributed by atoms with Gasteiger partial charge in [-0.2, -0.15) is 0 Å². The molecule has 108 valence electrons. The molecule has 0 aliphatic rings. The first-order valence-corrected chi connectivity index (χ1v) is 6.63. The van der Waals surface area contributed by atoms with E-state index < -0.39 is 17.2 Å². The van der Waals surface area contributed by atoms with Crippen molar-refractivity contribution in [3.8, 4) is 0 Å². The summed E-state index contributed by atoms with van der Waals surface area (Å²) in [5, 5.41) is 0. The van der Waals surface area contributed by atoms with Crippen molar-refractivity contribution in [3.63, 3.8) is 0 Å². The van der Waals surface area contributed by atoms with E-state index in [1.807, 2.05) is 30.3 Å². The van der Waals surface area contributed by atoms with Crippen molar-refractivity contribution in [3.05, 3.63) is 65.2 Å². The molecule has 0 fully saturated rings. The first-order valence-electron chi connectivity index (χ1n) is 6.63. The quantitative estimate of drug-likeness (QED) is 0.588. The molecule has 0 radical (unpaired) electrons. The highest BCUT2D eigenvalue weighted by Crippen LogP contribution is 2.23. The number of carbonyl (C=O) groups excluding carboxylic acids is 1. The van der Waals surface area contributed by atoms with Crippen molar-refractivity contribution in [2.45, 2.75) is 19.8 Å². The van der Waals surface area contributed by atoms with Gasteiger partial charge in [0.1, 0.15) is 5.82 Å². The molecule has 4 heteroatoms. The molecule has 2 aromatic rings. The van der Waals surface area contributed by atoms with Gasteiger partial charge in [-0.05, 0) is 37.5 Å². The number of aryl methyl sites for hydroxylation is 1. The van der Waals surface area contributed by atoms with E-state index in [2.05, 4.69) is 4.99 Å². The highest BCUT2D eigenvalue weighted by molar-refractivity contribution is 5.86. The van der Waals surface area contributed by atoms with E-state index in [1.165, 1.54) is 11.6 Å². The Morgan fingerprint density at radius 3 is 2.52 bits per heavy atom. The SMILES string of the molecule is CC(CCc1ccccc1)=Nc1ccc(F)c(C=O)c1F. The van der Waals surface area contributed by atoms with Crippen LogP contribution in [0.1, 0.15) is 29.3 Å². The Morgan fingerprint density at radius 1 is 1.14 bits per heavy atom. The van der Waals surface area contributed by atoms with Gasteiger partial charge in [-0.15, -0.1) is 0 Å². The second-order valence-corrected chi connectivity index (χ2v) is 4.74. The Kier molecular flexibility index (Phi) is 4.93. The van der Waals surface area contributed by atoms with Gasteiger partial charge in [0, 0.05) is 5.71 Å². The average molecular weight is 287 g/mol. The van der Waals surface area contributed by atoms with Gasteiger partial charge in [0.15, 0.2) is 12.1 Å². The van der Waals surface area contributed by atoms with Crippen molar-refractivity contribution in [2.75, 3.05) is 0 Å². The van der Waals surface area contributed by atoms with Crippen molar-refractivity contribution < 1.29 is 13.6 Å². The zero-order valence-electron chi connectivity index (χ0n) is 11.6. The number of hydrogen-bond donors (Lipinski definition) is 0. The first kappa shape index (κ1) is 15.0. The van der Waals surface area contributed by atoms with Gasteiger partial charge in [-0.25, -0.2) is 8.78 Å². The third-order valence-electron chi connectivity index (χ3n) is 3.15. The predicted molar refractivity (Wildman–Crippen MR) is 79.3 cm³/mol. The maximum atomic E-state index is 13.9. The molecule has 0 N–H and O–H groups in total. The molecule has 0 aliphatic heterocycles. The van der Waals surface area contributed by atoms with Crippen LogP contribution < -0.4 is 0 Å². The van der Waals surface area contributed by atoms with Crippen LogP contribution in [0.2, 0.25) is 0 Å². The van der Waals surface area contributed by atoms with Gasteiger partial charge in [0.2, 0.25) is 0 Å². The topological polar surface area (TPSA) is 29.4 Å². The molecule has 0 saturated heterocycles. The van der Waals surface area contributed by atoms with E-state index in [1.54, 1.807) is 6.92 Å². The minimum atomic E-state index is -0.913. The van der Waals surface area contributed by atoms with Crippen molar-refractivity contribution in [1.29, 1.82) is 0 Å². The summed E-state index contributed by atoms with van der Waals surface area (Å²) in [5.74, 6) is -1.78. The molecule has 0 amide bonds. The summed E-state index contributed by atoms with van der Waals surface area (Å²) in [4.78, 5) is 14.8. The normalized spacial score (nSPS) is 11.5. The fourth-order valence-electron chi connectivity index (χ4n) is 1.98. The average Bonchev–Trinajstić information content (AvgIpc) is 2.50. The third kappa shape index (κ3) is 3.81. The number of hydrogen-bond acceptors (Lipinski definition) is 2. The smallest absolute Gasteiger partial charge is 0.162 e. The number of nitrogens with zero attached hydrogens (tertiary/aromatic N) is 1. The largest absolute Gasteiger partial charge is 0.298 e. The van der Waals surface area contributed by atoms with Crippen LogP contribution >= 0.6 is 0 Å². The molecule has 2 rings (SSSR count). The van der Waals surface area contributed by atoms with E-state index in [-0.39, 0.29) is 12.0 Å². The summed E-state index contributed by atoms with van der Waals surface area (Å²) in [7, 11) is 0. The zero-order chi connectivity index (χ0) is 15.2. The van der Waals surface area contributed by atoms with Gasteiger partial charge in [-0.1, -0.05) is 30.3 Å². The maximum Gasteiger partial charge on any atom is 0.162 e. The number of aldehydes is 1. The van der Waals surface area contributed by atoms with Gasteiger partial charge in [0.25, 0.3) is 0 Å². The molecule has 0 atom stereocenters. The zero-order valence-corrected chi connectivity index (χ0v) is 11.6. The number of carbonyl (C=O) groups is 1. The van der Waals surface area contributed by atoms with Crippen LogP contribution in [0.5, 0.6) is 0 Å². The Labute approximate surface area is 122 Å². The third-order valence-corrected chi connectivity index (χ3v) is 3.15. The van der Waals surface area contributed by atoms with E-state index >= 15 is 0 Å². The van der Waals surface area contributed by atoms with Crippen LogP contribution in [-0.2, 0) is 6.42 Å². The summed E-state index contributed by atoms with van der Waals surface area (Å²) in [5.41, 5.74) is 1.30. The summed E-state index contributed by atoms with van der Waals surface area (Å²) in [6, 6.07) is 12.2. The minimum absolute atomic E-state index is 0.0101. The maximum absolute atomic E-state index is 13.9. The van der Waals surface area contributed by atoms with Gasteiger partial charge in [0.05, 0.1) is 11.3 Å². The van der Waals surface area contributed by atoms with Crippen molar-refractivity contribution >= 4 is 17.7 Å². The van der Waals surface area contributed by atoms with Gasteiger partial charge >= 0.3 is 0 Å². The molecule has 0 spiro atoms. The van der Waals surface area contributed by atoms with Crippen molar-refractivity contribution in [1.82, 2.24) is 0 Å². The molecule has 0 bridgehead atoms. The number of aliphatic imine (C=N–C) groups is 1. The summed E-state index contributed by atoms with van der Waals surface area (Å²) in [6.45, 7) is 1.78. The van der Waals surface area contributed by atoms with E-state index in [0.717, 1.165) is 18.2 Å². The van der Waals surface area contributed by atoms with Crippen LogP contribution in [0.4, 0.5) is 14.5 Å². The molecule has 0 unspecified atom stereocenters. The Hall–Kier alpha value is -2.36. The summed E-state index contributed by atoms with van der Waals surface area (Å²) in [6.07, 6.45) is 1.62. The molecule has 2 aromatic carbocycles. The summed E-state index contributed by atoms with van der Waals surface area (Å²) >= 11 is 0. The van der Waals surface area contributed by atoms with Crippen molar-refractivity contribution in [2.24, 2.45) is 4.99 Å². The molecule has 2 nitrogen and oxygen atoms in total. The number of benzene rings is 2. The van der Waals surface area contributed by atoms with Crippen LogP contribution in [0.25, 0.3) is 0 Å². The van der Waals surface area contributed by atoms with Gasteiger partial charge in [-0.3, -0.25) is 9.79 Å². The fraction of sp³-hybridized carbons (Fsp3) is 0.176. The second-order valence-electron chi connectivity index (χ2n) is 4.74. The van der Waals surface area contributed by atoms with Crippen LogP contribution in [0.15, 0.2) is 47.5 Å². The molecular weight excluding hydrogens is 272 g/mol. The molecule has 0 aliphatic carbocycles. The standard InChI is InChI=1S/C17H15F2NO/c1-12(7-8-13-5-3-2-4-6-13)20-16-10-9-15(18)14(11-21)17(16)19/h2-6,9-11H,7-8H2,1H3. The summed E-state index contributed by atoms with van der Waals surface area (Å²) < 4.78 is 27.1. The molecule has 0 saturated carbocycles. The van der Waals surface area contributed by atoms with Crippen LogP contribution in [0, 0.1) is 11.6 Å². The van der Waals surface area contributed by atoms with E-state index in [0.29, 0.717) is 6.42 Å². The molecule has 21 heavy (non-hydrogen) atoms. The lowest BCUT2D eigenvalue weighted by Crippen LogP contribution is -1.97. The highest BCUT2D eigenvalue weighted by atomic mass is 19.1. The first-order chi connectivity index (χ1) is 10.1. The molecule has 0 heterocycles. The van der Waals surface area contributed by atoms with Crippen LogP contribution in [-0.4, -0.2) is 12.0 Å². The van der Waals surface area contributed by atoms with E-state index in [9.17, 15) is 13.6 Å². The predicted octanol–water partition coefficient (Wildman–Crippen LogP) is 4.50. The minimum Gasteiger partial charge on any atom is -0.298 e. The van der Waals surface area contributed by atoms with Crippen LogP contribution in [0.3, 0.4) is 0 Å². The lowest BCUT2D eigenvalue weighted by molar-refractivity contribution is 0.111. The Morgan fingerprint density at radius 2 is 1.86 bits per heavy atom. The number of rotatable bonds is 5. The molecular formula is C17H15F2NO. The fourth-order valence-corrected chi connectivity index (χ4v) is 1.98. The molecule has 0 aromatic heterocycles. The van der Waals surface area contributed by atoms with Gasteiger partial charge < -0.3 is 0 Å². The Bertz CT molecular complexity index is 666. The lowest BCUT2D eigenvalue weighted by Gasteiger charge is -2.04. The second kappa shape index (κ2) is 6.88. The Balaban J connectivity index is 2.14. The highest BCUT2D eigenvalue weighted by Gasteiger charge is 2.12.